The maximum absolute atomic E-state index is 12.5. The van der Waals surface area contributed by atoms with Crippen LogP contribution in [-0.4, -0.2) is 29.2 Å². The summed E-state index contributed by atoms with van der Waals surface area (Å²) in [4.78, 5) is 14.6. The highest BCUT2D eigenvalue weighted by molar-refractivity contribution is 5.82. The Bertz CT molecular complexity index is 685. The molecule has 24 heavy (non-hydrogen) atoms. The zero-order chi connectivity index (χ0) is 17.2. The topological polar surface area (TPSA) is 71.3 Å². The summed E-state index contributed by atoms with van der Waals surface area (Å²) in [7, 11) is 0. The van der Waals surface area contributed by atoms with Crippen molar-refractivity contribution in [1.29, 1.82) is 0 Å². The van der Waals surface area contributed by atoms with Crippen molar-refractivity contribution in [1.82, 2.24) is 15.5 Å². The molecule has 1 aliphatic rings. The van der Waals surface area contributed by atoms with Crippen molar-refractivity contribution in [3.8, 4) is 0 Å². The van der Waals surface area contributed by atoms with E-state index in [0.717, 1.165) is 31.5 Å². The SMILES string of the molecule is CC(C)(C)C(=O)NC(c1ccccc1)c1nnc(N2CCCC2)o1. The Kier molecular flexibility index (Phi) is 4.55. The first-order valence-corrected chi connectivity index (χ1v) is 8.39. The number of aromatic nitrogens is 2. The Morgan fingerprint density at radius 1 is 1.17 bits per heavy atom. The van der Waals surface area contributed by atoms with E-state index in [1.165, 1.54) is 0 Å². The molecule has 0 saturated carbocycles. The number of amides is 1. The van der Waals surface area contributed by atoms with Crippen LogP contribution in [0.4, 0.5) is 6.01 Å². The lowest BCUT2D eigenvalue weighted by atomic mass is 9.94. The van der Waals surface area contributed by atoms with Gasteiger partial charge in [0.05, 0.1) is 0 Å². The Balaban J connectivity index is 1.88. The summed E-state index contributed by atoms with van der Waals surface area (Å²) in [6.07, 6.45) is 2.28. The smallest absolute Gasteiger partial charge is 0.318 e. The van der Waals surface area contributed by atoms with Crippen LogP contribution in [0.1, 0.15) is 51.1 Å². The molecule has 1 aromatic carbocycles. The summed E-state index contributed by atoms with van der Waals surface area (Å²) in [5.74, 6) is 0.359. The molecule has 6 nitrogen and oxygen atoms in total. The van der Waals surface area contributed by atoms with Crippen molar-refractivity contribution in [2.24, 2.45) is 5.41 Å². The number of benzene rings is 1. The molecule has 2 heterocycles. The summed E-state index contributed by atoms with van der Waals surface area (Å²) < 4.78 is 5.89. The number of nitrogens with one attached hydrogen (secondary N) is 1. The minimum atomic E-state index is -0.495. The molecule has 1 aromatic heterocycles. The van der Waals surface area contributed by atoms with Gasteiger partial charge >= 0.3 is 6.01 Å². The zero-order valence-electron chi connectivity index (χ0n) is 14.5. The monoisotopic (exact) mass is 328 g/mol. The third-order valence-electron chi connectivity index (χ3n) is 4.14. The third kappa shape index (κ3) is 3.58. The number of carbonyl (C=O) groups is 1. The molecule has 128 valence electrons. The molecule has 1 amide bonds. The quantitative estimate of drug-likeness (QED) is 0.934. The molecular formula is C18H24N4O2. The normalized spacial score (nSPS) is 16.2. The summed E-state index contributed by atoms with van der Waals surface area (Å²) in [6.45, 7) is 7.52. The second-order valence-electron chi connectivity index (χ2n) is 7.18. The molecule has 1 saturated heterocycles. The van der Waals surface area contributed by atoms with Gasteiger partial charge in [0.15, 0.2) is 0 Å². The average molecular weight is 328 g/mol. The highest BCUT2D eigenvalue weighted by Crippen LogP contribution is 2.26. The molecule has 0 aliphatic carbocycles. The lowest BCUT2D eigenvalue weighted by Gasteiger charge is -2.22. The third-order valence-corrected chi connectivity index (χ3v) is 4.14. The Morgan fingerprint density at radius 2 is 1.83 bits per heavy atom. The molecule has 0 spiro atoms. The first-order valence-electron chi connectivity index (χ1n) is 8.39. The van der Waals surface area contributed by atoms with Crippen LogP contribution in [0.3, 0.4) is 0 Å². The Labute approximate surface area is 142 Å². The van der Waals surface area contributed by atoms with Gasteiger partial charge in [0.1, 0.15) is 6.04 Å². The van der Waals surface area contributed by atoms with Gasteiger partial charge in [-0.05, 0) is 18.4 Å². The highest BCUT2D eigenvalue weighted by Gasteiger charge is 2.29. The van der Waals surface area contributed by atoms with E-state index in [1.54, 1.807) is 0 Å². The molecule has 1 aliphatic heterocycles. The molecule has 0 radical (unpaired) electrons. The van der Waals surface area contributed by atoms with Crippen LogP contribution < -0.4 is 10.2 Å². The summed E-state index contributed by atoms with van der Waals surface area (Å²) in [5, 5.41) is 11.4. The Morgan fingerprint density at radius 3 is 2.46 bits per heavy atom. The van der Waals surface area contributed by atoms with E-state index in [4.69, 9.17) is 4.42 Å². The van der Waals surface area contributed by atoms with Crippen molar-refractivity contribution in [3.63, 3.8) is 0 Å². The highest BCUT2D eigenvalue weighted by atomic mass is 16.4. The van der Waals surface area contributed by atoms with Gasteiger partial charge < -0.3 is 14.6 Å². The molecule has 1 fully saturated rings. The zero-order valence-corrected chi connectivity index (χ0v) is 14.5. The molecule has 1 unspecified atom stereocenters. The summed E-state index contributed by atoms with van der Waals surface area (Å²) in [6, 6.07) is 9.80. The van der Waals surface area contributed by atoms with Gasteiger partial charge in [-0.2, -0.15) is 0 Å². The van der Waals surface area contributed by atoms with Gasteiger partial charge in [-0.3, -0.25) is 4.79 Å². The van der Waals surface area contributed by atoms with Crippen molar-refractivity contribution >= 4 is 11.9 Å². The van der Waals surface area contributed by atoms with Crippen LogP contribution in [0.15, 0.2) is 34.7 Å². The lowest BCUT2D eigenvalue weighted by molar-refractivity contribution is -0.129. The van der Waals surface area contributed by atoms with Crippen molar-refractivity contribution in [2.45, 2.75) is 39.7 Å². The van der Waals surface area contributed by atoms with Crippen LogP contribution in [0, 0.1) is 5.41 Å². The van der Waals surface area contributed by atoms with Gasteiger partial charge in [0.25, 0.3) is 0 Å². The fraction of sp³-hybridized carbons (Fsp3) is 0.500. The maximum Gasteiger partial charge on any atom is 0.318 e. The number of nitrogens with zero attached hydrogens (tertiary/aromatic N) is 3. The molecular weight excluding hydrogens is 304 g/mol. The largest absolute Gasteiger partial charge is 0.405 e. The van der Waals surface area contributed by atoms with Crippen molar-refractivity contribution < 1.29 is 9.21 Å². The molecule has 0 bridgehead atoms. The second-order valence-corrected chi connectivity index (χ2v) is 7.18. The molecule has 6 heteroatoms. The van der Waals surface area contributed by atoms with Crippen molar-refractivity contribution in [2.75, 3.05) is 18.0 Å². The van der Waals surface area contributed by atoms with Crippen LogP contribution >= 0.6 is 0 Å². The lowest BCUT2D eigenvalue weighted by Crippen LogP contribution is -2.38. The van der Waals surface area contributed by atoms with Gasteiger partial charge in [0, 0.05) is 18.5 Å². The van der Waals surface area contributed by atoms with E-state index in [-0.39, 0.29) is 5.91 Å². The number of carbonyl (C=O) groups excluding carboxylic acids is 1. The minimum absolute atomic E-state index is 0.0581. The fourth-order valence-electron chi connectivity index (χ4n) is 2.66. The van der Waals surface area contributed by atoms with Gasteiger partial charge in [-0.1, -0.05) is 56.2 Å². The summed E-state index contributed by atoms with van der Waals surface area (Å²) >= 11 is 0. The van der Waals surface area contributed by atoms with Crippen LogP contribution in [0.2, 0.25) is 0 Å². The van der Waals surface area contributed by atoms with Gasteiger partial charge in [-0.15, -0.1) is 5.10 Å². The minimum Gasteiger partial charge on any atom is -0.405 e. The van der Waals surface area contributed by atoms with E-state index in [2.05, 4.69) is 20.4 Å². The molecule has 1 N–H and O–H groups in total. The number of anilines is 1. The molecule has 2 aromatic rings. The number of hydrogen-bond acceptors (Lipinski definition) is 5. The number of rotatable bonds is 4. The predicted octanol–water partition coefficient (Wildman–Crippen LogP) is 2.92. The van der Waals surface area contributed by atoms with E-state index >= 15 is 0 Å². The first kappa shape index (κ1) is 16.5. The summed E-state index contributed by atoms with van der Waals surface area (Å²) in [5.41, 5.74) is 0.428. The van der Waals surface area contributed by atoms with Crippen LogP contribution in [0.25, 0.3) is 0 Å². The fourth-order valence-corrected chi connectivity index (χ4v) is 2.66. The van der Waals surface area contributed by atoms with Gasteiger partial charge in [0.2, 0.25) is 11.8 Å². The van der Waals surface area contributed by atoms with Crippen LogP contribution in [0.5, 0.6) is 0 Å². The van der Waals surface area contributed by atoms with Crippen LogP contribution in [-0.2, 0) is 4.79 Å². The molecule has 3 rings (SSSR count). The van der Waals surface area contributed by atoms with Gasteiger partial charge in [-0.25, -0.2) is 0 Å². The number of hydrogen-bond donors (Lipinski definition) is 1. The second kappa shape index (κ2) is 6.63. The molecule has 1 atom stereocenters. The Hall–Kier alpha value is -2.37. The van der Waals surface area contributed by atoms with Crippen molar-refractivity contribution in [3.05, 3.63) is 41.8 Å². The van der Waals surface area contributed by atoms with E-state index in [0.29, 0.717) is 11.9 Å². The van der Waals surface area contributed by atoms with E-state index < -0.39 is 11.5 Å². The van der Waals surface area contributed by atoms with E-state index in [1.807, 2.05) is 51.1 Å². The average Bonchev–Trinajstić information content (AvgIpc) is 3.23. The predicted molar refractivity (Wildman–Crippen MR) is 91.6 cm³/mol. The standard InChI is InChI=1S/C18H24N4O2/c1-18(2,3)16(23)19-14(13-9-5-4-6-10-13)15-20-21-17(24-15)22-11-7-8-12-22/h4-6,9-10,14H,7-8,11-12H2,1-3H3,(H,19,23). The maximum atomic E-state index is 12.5. The van der Waals surface area contributed by atoms with E-state index in [9.17, 15) is 4.79 Å². The first-order chi connectivity index (χ1) is 11.4.